The summed E-state index contributed by atoms with van der Waals surface area (Å²) >= 11 is 6.11. The highest BCUT2D eigenvalue weighted by Crippen LogP contribution is 2.40. The van der Waals surface area contributed by atoms with Gasteiger partial charge in [-0.1, -0.05) is 36.4 Å². The van der Waals surface area contributed by atoms with Gasteiger partial charge in [-0.25, -0.2) is 12.8 Å². The van der Waals surface area contributed by atoms with Crippen molar-refractivity contribution in [2.45, 2.75) is 31.4 Å². The van der Waals surface area contributed by atoms with Crippen molar-refractivity contribution in [2.24, 2.45) is 0 Å². The zero-order valence-electron chi connectivity index (χ0n) is 19.6. The number of anilines is 1. The van der Waals surface area contributed by atoms with E-state index < -0.39 is 21.9 Å². The number of methoxy groups -OCH3 is 1. The highest BCUT2D eigenvalue weighted by atomic mass is 35.5. The standard InChI is InChI=1S/C27H25ClFNO4S/c1-5-19-13-20-10-11-21(34-16-23-24(28)7-6-8-25(23)29)14-26(20)30(18(19)3)35(31,32)22-12-9-17(2)27(15-22)33-4/h5-15,18H,1,16H2,2-4H3. The summed E-state index contributed by atoms with van der Waals surface area (Å²) in [6.07, 6.45) is 3.54. The molecule has 0 amide bonds. The molecule has 35 heavy (non-hydrogen) atoms. The first-order chi connectivity index (χ1) is 16.7. The number of nitrogens with zero attached hydrogens (tertiary/aromatic N) is 1. The molecule has 0 fully saturated rings. The third kappa shape index (κ3) is 4.66. The molecule has 0 saturated heterocycles. The number of sulfonamides is 1. The topological polar surface area (TPSA) is 55.8 Å². The monoisotopic (exact) mass is 513 g/mol. The molecule has 1 unspecified atom stereocenters. The van der Waals surface area contributed by atoms with E-state index >= 15 is 0 Å². The lowest BCUT2D eigenvalue weighted by Gasteiger charge is -2.36. The third-order valence-corrected chi connectivity index (χ3v) is 8.25. The molecular weight excluding hydrogens is 489 g/mol. The predicted molar refractivity (Wildman–Crippen MR) is 137 cm³/mol. The van der Waals surface area contributed by atoms with Gasteiger partial charge in [0.25, 0.3) is 10.0 Å². The van der Waals surface area contributed by atoms with Crippen LogP contribution in [0.15, 0.2) is 77.7 Å². The number of aryl methyl sites for hydroxylation is 1. The average molecular weight is 514 g/mol. The number of benzene rings is 3. The molecule has 4 rings (SSSR count). The fourth-order valence-corrected chi connectivity index (χ4v) is 5.93. The van der Waals surface area contributed by atoms with Crippen LogP contribution in [0, 0.1) is 12.7 Å². The van der Waals surface area contributed by atoms with Crippen LogP contribution in [0.3, 0.4) is 0 Å². The van der Waals surface area contributed by atoms with Gasteiger partial charge in [-0.15, -0.1) is 0 Å². The quantitative estimate of drug-likeness (QED) is 0.360. The number of rotatable bonds is 7. The summed E-state index contributed by atoms with van der Waals surface area (Å²) in [6.45, 7) is 7.39. The molecule has 0 radical (unpaired) electrons. The summed E-state index contributed by atoms with van der Waals surface area (Å²) in [6, 6.07) is 13.8. The van der Waals surface area contributed by atoms with Gasteiger partial charge in [-0.05, 0) is 67.0 Å². The maximum atomic E-state index is 14.2. The number of fused-ring (bicyclic) bond motifs is 1. The molecule has 1 heterocycles. The van der Waals surface area contributed by atoms with Gasteiger partial charge >= 0.3 is 0 Å². The van der Waals surface area contributed by atoms with Crippen LogP contribution in [0.2, 0.25) is 5.02 Å². The Balaban J connectivity index is 1.77. The van der Waals surface area contributed by atoms with Gasteiger partial charge in [0.2, 0.25) is 0 Å². The largest absolute Gasteiger partial charge is 0.496 e. The maximum absolute atomic E-state index is 14.2. The minimum absolute atomic E-state index is 0.102. The number of ether oxygens (including phenoxy) is 2. The molecule has 0 saturated carbocycles. The van der Waals surface area contributed by atoms with Crippen LogP contribution in [-0.4, -0.2) is 21.6 Å². The highest BCUT2D eigenvalue weighted by molar-refractivity contribution is 7.92. The van der Waals surface area contributed by atoms with Crippen LogP contribution in [0.5, 0.6) is 11.5 Å². The number of hydrogen-bond donors (Lipinski definition) is 0. The van der Waals surface area contributed by atoms with E-state index in [0.717, 1.165) is 11.1 Å². The molecule has 0 bridgehead atoms. The van der Waals surface area contributed by atoms with E-state index in [1.54, 1.807) is 49.4 Å². The van der Waals surface area contributed by atoms with Crippen LogP contribution < -0.4 is 13.8 Å². The number of hydrogen-bond acceptors (Lipinski definition) is 4. The van der Waals surface area contributed by atoms with Crippen molar-refractivity contribution in [3.63, 3.8) is 0 Å². The summed E-state index contributed by atoms with van der Waals surface area (Å²) in [5.41, 5.74) is 2.95. The van der Waals surface area contributed by atoms with Crippen LogP contribution in [0.25, 0.3) is 6.08 Å². The Bertz CT molecular complexity index is 1410. The van der Waals surface area contributed by atoms with Gasteiger partial charge in [0, 0.05) is 17.7 Å². The van der Waals surface area contributed by atoms with Crippen LogP contribution >= 0.6 is 11.6 Å². The lowest BCUT2D eigenvalue weighted by Crippen LogP contribution is -2.41. The second-order valence-corrected chi connectivity index (χ2v) is 10.4. The lowest BCUT2D eigenvalue weighted by molar-refractivity contribution is 0.300. The summed E-state index contributed by atoms with van der Waals surface area (Å²) in [7, 11) is -2.48. The Labute approximate surface area is 210 Å². The van der Waals surface area contributed by atoms with E-state index in [9.17, 15) is 12.8 Å². The normalized spacial score (nSPS) is 15.3. The third-order valence-electron chi connectivity index (χ3n) is 6.01. The fraction of sp³-hybridized carbons (Fsp3) is 0.185. The average Bonchev–Trinajstić information content (AvgIpc) is 2.83. The summed E-state index contributed by atoms with van der Waals surface area (Å²) in [5.74, 6) is 0.391. The Morgan fingerprint density at radius 1 is 1.17 bits per heavy atom. The van der Waals surface area contributed by atoms with E-state index in [-0.39, 0.29) is 22.1 Å². The molecule has 1 aliphatic heterocycles. The van der Waals surface area contributed by atoms with Gasteiger partial charge < -0.3 is 9.47 Å². The van der Waals surface area contributed by atoms with Crippen LogP contribution in [0.1, 0.15) is 23.6 Å². The van der Waals surface area contributed by atoms with Gasteiger partial charge in [0.05, 0.1) is 28.8 Å². The first-order valence-corrected chi connectivity index (χ1v) is 12.7. The molecule has 0 aromatic heterocycles. The zero-order valence-corrected chi connectivity index (χ0v) is 21.2. The van der Waals surface area contributed by atoms with Gasteiger partial charge in [-0.3, -0.25) is 4.31 Å². The molecule has 5 nitrogen and oxygen atoms in total. The van der Waals surface area contributed by atoms with Crippen molar-refractivity contribution >= 4 is 33.4 Å². The summed E-state index contributed by atoms with van der Waals surface area (Å²) in [5, 5.41) is 0.257. The Hall–Kier alpha value is -3.29. The van der Waals surface area contributed by atoms with E-state index in [0.29, 0.717) is 22.7 Å². The van der Waals surface area contributed by atoms with Crippen LogP contribution in [-0.2, 0) is 16.6 Å². The molecule has 8 heteroatoms. The van der Waals surface area contributed by atoms with E-state index in [1.807, 2.05) is 13.0 Å². The van der Waals surface area contributed by atoms with E-state index in [2.05, 4.69) is 6.58 Å². The first kappa shape index (κ1) is 24.8. The molecule has 182 valence electrons. The second-order valence-electron chi connectivity index (χ2n) is 8.17. The van der Waals surface area contributed by atoms with Gasteiger partial charge in [0.1, 0.15) is 23.9 Å². The summed E-state index contributed by atoms with van der Waals surface area (Å²) < 4.78 is 54.5. The zero-order chi connectivity index (χ0) is 25.3. The first-order valence-electron chi connectivity index (χ1n) is 10.9. The molecule has 0 spiro atoms. The van der Waals surface area contributed by atoms with Crippen molar-refractivity contribution in [1.82, 2.24) is 0 Å². The van der Waals surface area contributed by atoms with Gasteiger partial charge in [-0.2, -0.15) is 0 Å². The Morgan fingerprint density at radius 2 is 1.94 bits per heavy atom. The van der Waals surface area contributed by atoms with Crippen molar-refractivity contribution < 1.29 is 22.3 Å². The predicted octanol–water partition coefficient (Wildman–Crippen LogP) is 6.54. The molecule has 3 aromatic rings. The SMILES string of the molecule is C=CC1=Cc2ccc(OCc3c(F)cccc3Cl)cc2N(S(=O)(=O)c2ccc(C)c(OC)c2)C1C. The lowest BCUT2D eigenvalue weighted by atomic mass is 9.98. The van der Waals surface area contributed by atoms with Crippen molar-refractivity contribution in [3.8, 4) is 11.5 Å². The molecule has 0 aliphatic carbocycles. The van der Waals surface area contributed by atoms with Crippen LogP contribution in [0.4, 0.5) is 10.1 Å². The van der Waals surface area contributed by atoms with Crippen molar-refractivity contribution in [2.75, 3.05) is 11.4 Å². The Morgan fingerprint density at radius 3 is 2.63 bits per heavy atom. The molecule has 1 aliphatic rings. The molecule has 1 atom stereocenters. The smallest absolute Gasteiger partial charge is 0.265 e. The van der Waals surface area contributed by atoms with E-state index in [1.165, 1.54) is 29.6 Å². The maximum Gasteiger partial charge on any atom is 0.265 e. The van der Waals surface area contributed by atoms with Crippen molar-refractivity contribution in [1.29, 1.82) is 0 Å². The van der Waals surface area contributed by atoms with Gasteiger partial charge in [0.15, 0.2) is 0 Å². The summed E-state index contributed by atoms with van der Waals surface area (Å²) in [4.78, 5) is 0.104. The number of halogens is 2. The Kier molecular flexibility index (Phi) is 6.92. The second kappa shape index (κ2) is 9.76. The fourth-order valence-electron chi connectivity index (χ4n) is 4.04. The minimum atomic E-state index is -3.99. The molecular formula is C27H25ClFNO4S. The highest BCUT2D eigenvalue weighted by Gasteiger charge is 2.35. The minimum Gasteiger partial charge on any atom is -0.496 e. The van der Waals surface area contributed by atoms with E-state index in [4.69, 9.17) is 21.1 Å². The molecule has 0 N–H and O–H groups in total. The molecule has 3 aromatic carbocycles. The van der Waals surface area contributed by atoms with Crippen molar-refractivity contribution in [3.05, 3.63) is 100 Å².